The van der Waals surface area contributed by atoms with Crippen molar-refractivity contribution in [3.63, 3.8) is 0 Å². The molecule has 2 heterocycles. The molecule has 0 radical (unpaired) electrons. The number of hydrogen-bond acceptors (Lipinski definition) is 4. The molecule has 0 bridgehead atoms. The van der Waals surface area contributed by atoms with Crippen molar-refractivity contribution in [1.29, 1.82) is 0 Å². The lowest BCUT2D eigenvalue weighted by atomic mass is 9.98. The molecule has 0 saturated carbocycles. The quantitative estimate of drug-likeness (QED) is 0.176. The second-order valence-electron chi connectivity index (χ2n) is 11.1. The van der Waals surface area contributed by atoms with E-state index in [0.29, 0.717) is 34.6 Å². The number of halogens is 1. The SMILES string of the molecule is Cc1cc(Oc2ccc(C(Cc3ccccc3)n3nc(C)c4c(C(=O)O)cc(C=Cc5ccccc5)nc43)cc2)cc(C)c1Cl. The van der Waals surface area contributed by atoms with E-state index >= 15 is 0 Å². The fourth-order valence-electron chi connectivity index (χ4n) is 5.59. The minimum absolute atomic E-state index is 0.173. The van der Waals surface area contributed by atoms with Gasteiger partial charge in [0.1, 0.15) is 11.5 Å². The molecule has 6 aromatic rings. The molecule has 4 aromatic carbocycles. The Morgan fingerprint density at radius 3 is 2.16 bits per heavy atom. The van der Waals surface area contributed by atoms with Gasteiger partial charge in [-0.1, -0.05) is 90.5 Å². The summed E-state index contributed by atoms with van der Waals surface area (Å²) in [6.45, 7) is 5.75. The second-order valence-corrected chi connectivity index (χ2v) is 11.5. The van der Waals surface area contributed by atoms with E-state index in [9.17, 15) is 9.90 Å². The zero-order valence-electron chi connectivity index (χ0n) is 25.2. The van der Waals surface area contributed by atoms with Crippen LogP contribution in [-0.2, 0) is 6.42 Å². The van der Waals surface area contributed by atoms with Gasteiger partial charge in [-0.15, -0.1) is 0 Å². The molecule has 0 amide bonds. The van der Waals surface area contributed by atoms with Crippen LogP contribution in [-0.4, -0.2) is 25.8 Å². The predicted octanol–water partition coefficient (Wildman–Crippen LogP) is 9.50. The van der Waals surface area contributed by atoms with Gasteiger partial charge in [-0.05, 0) is 91.4 Å². The van der Waals surface area contributed by atoms with Crippen LogP contribution < -0.4 is 4.74 Å². The average molecular weight is 614 g/mol. The van der Waals surface area contributed by atoms with E-state index < -0.39 is 5.97 Å². The molecular formula is C38H32ClN3O3. The van der Waals surface area contributed by atoms with Gasteiger partial charge < -0.3 is 9.84 Å². The molecule has 0 aliphatic heterocycles. The fraction of sp³-hybridized carbons (Fsp3) is 0.132. The number of aryl methyl sites for hydroxylation is 3. The molecule has 0 aliphatic carbocycles. The number of carboxylic acid groups (broad SMARTS) is 1. The molecule has 45 heavy (non-hydrogen) atoms. The van der Waals surface area contributed by atoms with Crippen LogP contribution in [0.3, 0.4) is 0 Å². The Morgan fingerprint density at radius 1 is 0.867 bits per heavy atom. The van der Waals surface area contributed by atoms with Crippen LogP contribution in [0, 0.1) is 20.8 Å². The molecule has 0 fully saturated rings. The van der Waals surface area contributed by atoms with E-state index in [-0.39, 0.29) is 11.6 Å². The van der Waals surface area contributed by atoms with Gasteiger partial charge in [0.25, 0.3) is 0 Å². The topological polar surface area (TPSA) is 77.2 Å². The highest BCUT2D eigenvalue weighted by atomic mass is 35.5. The lowest BCUT2D eigenvalue weighted by Gasteiger charge is -2.20. The summed E-state index contributed by atoms with van der Waals surface area (Å²) in [7, 11) is 0. The van der Waals surface area contributed by atoms with Crippen molar-refractivity contribution >= 4 is 40.8 Å². The first-order valence-electron chi connectivity index (χ1n) is 14.7. The smallest absolute Gasteiger partial charge is 0.336 e. The standard InChI is InChI=1S/C38H32ClN3O3/c1-24-20-32(21-25(2)36(24)39)45-31-18-15-29(16-19-31)34(22-28-12-8-5-9-13-28)42-37-35(26(3)41-42)33(38(43)44)23-30(40-37)17-14-27-10-6-4-7-11-27/h4-21,23,34H,22H2,1-3H3,(H,43,44). The first kappa shape index (κ1) is 29.9. The minimum Gasteiger partial charge on any atom is -0.478 e. The Balaban J connectivity index is 1.43. The third-order valence-electron chi connectivity index (χ3n) is 7.81. The van der Waals surface area contributed by atoms with Gasteiger partial charge in [-0.3, -0.25) is 0 Å². The van der Waals surface area contributed by atoms with E-state index in [1.54, 1.807) is 6.07 Å². The van der Waals surface area contributed by atoms with Crippen molar-refractivity contribution < 1.29 is 14.6 Å². The van der Waals surface area contributed by atoms with Crippen LogP contribution in [0.5, 0.6) is 11.5 Å². The highest BCUT2D eigenvalue weighted by Crippen LogP contribution is 2.33. The van der Waals surface area contributed by atoms with E-state index in [4.69, 9.17) is 26.4 Å². The van der Waals surface area contributed by atoms with Gasteiger partial charge in [-0.2, -0.15) is 5.10 Å². The molecule has 2 aromatic heterocycles. The number of ether oxygens (including phenoxy) is 1. The summed E-state index contributed by atoms with van der Waals surface area (Å²) >= 11 is 6.35. The zero-order chi connectivity index (χ0) is 31.5. The van der Waals surface area contributed by atoms with Crippen LogP contribution in [0.15, 0.2) is 103 Å². The van der Waals surface area contributed by atoms with Crippen molar-refractivity contribution in [2.75, 3.05) is 0 Å². The number of pyridine rings is 1. The molecule has 6 rings (SSSR count). The molecule has 0 spiro atoms. The van der Waals surface area contributed by atoms with E-state index in [1.165, 1.54) is 0 Å². The Morgan fingerprint density at radius 2 is 1.51 bits per heavy atom. The van der Waals surface area contributed by atoms with E-state index in [1.807, 2.05) is 123 Å². The number of hydrogen-bond donors (Lipinski definition) is 1. The first-order chi connectivity index (χ1) is 21.8. The molecule has 1 unspecified atom stereocenters. The Kier molecular flexibility index (Phi) is 8.49. The first-order valence-corrected chi connectivity index (χ1v) is 15.1. The monoisotopic (exact) mass is 613 g/mol. The van der Waals surface area contributed by atoms with Gasteiger partial charge in [0, 0.05) is 5.02 Å². The number of aromatic nitrogens is 3. The average Bonchev–Trinajstić information content (AvgIpc) is 3.38. The van der Waals surface area contributed by atoms with Crippen molar-refractivity contribution in [1.82, 2.24) is 14.8 Å². The van der Waals surface area contributed by atoms with E-state index in [0.717, 1.165) is 38.6 Å². The lowest BCUT2D eigenvalue weighted by Crippen LogP contribution is -2.16. The van der Waals surface area contributed by atoms with Crippen molar-refractivity contribution in [3.8, 4) is 11.5 Å². The lowest BCUT2D eigenvalue weighted by molar-refractivity contribution is 0.0699. The molecule has 6 nitrogen and oxygen atoms in total. The fourth-order valence-corrected chi connectivity index (χ4v) is 5.70. The van der Waals surface area contributed by atoms with E-state index in [2.05, 4.69) is 12.1 Å². The summed E-state index contributed by atoms with van der Waals surface area (Å²) in [5, 5.41) is 16.4. The van der Waals surface area contributed by atoms with Gasteiger partial charge in [-0.25, -0.2) is 14.5 Å². The third kappa shape index (κ3) is 6.52. The number of aromatic carboxylic acids is 1. The maximum absolute atomic E-state index is 12.5. The van der Waals surface area contributed by atoms with Crippen molar-refractivity contribution in [2.24, 2.45) is 0 Å². The molecule has 7 heteroatoms. The highest BCUT2D eigenvalue weighted by Gasteiger charge is 2.24. The summed E-state index contributed by atoms with van der Waals surface area (Å²) in [6.07, 6.45) is 4.39. The van der Waals surface area contributed by atoms with Gasteiger partial charge >= 0.3 is 5.97 Å². The van der Waals surface area contributed by atoms with Gasteiger partial charge in [0.15, 0.2) is 5.65 Å². The molecule has 224 valence electrons. The largest absolute Gasteiger partial charge is 0.478 e. The number of carbonyl (C=O) groups is 1. The predicted molar refractivity (Wildman–Crippen MR) is 180 cm³/mol. The van der Waals surface area contributed by atoms with Crippen LogP contribution >= 0.6 is 11.6 Å². The maximum Gasteiger partial charge on any atom is 0.336 e. The Labute approximate surface area is 267 Å². The third-order valence-corrected chi connectivity index (χ3v) is 8.41. The van der Waals surface area contributed by atoms with Crippen LogP contribution in [0.2, 0.25) is 5.02 Å². The van der Waals surface area contributed by atoms with Crippen LogP contribution in [0.25, 0.3) is 23.2 Å². The summed E-state index contributed by atoms with van der Waals surface area (Å²) in [6, 6.07) is 33.2. The second kappa shape index (κ2) is 12.8. The summed E-state index contributed by atoms with van der Waals surface area (Å²) < 4.78 is 8.05. The Hall–Kier alpha value is -5.20. The minimum atomic E-state index is -1.02. The van der Waals surface area contributed by atoms with Crippen molar-refractivity contribution in [2.45, 2.75) is 33.2 Å². The normalized spacial score (nSPS) is 12.1. The molecule has 0 saturated heterocycles. The number of fused-ring (bicyclic) bond motifs is 1. The molecule has 0 aliphatic rings. The number of nitrogens with zero attached hydrogens (tertiary/aromatic N) is 3. The molecule has 1 atom stereocenters. The maximum atomic E-state index is 12.5. The number of carboxylic acids is 1. The van der Waals surface area contributed by atoms with Crippen LogP contribution in [0.1, 0.15) is 55.6 Å². The van der Waals surface area contributed by atoms with Crippen molar-refractivity contribution in [3.05, 3.63) is 153 Å². The van der Waals surface area contributed by atoms with Gasteiger partial charge in [0.2, 0.25) is 0 Å². The summed E-state index contributed by atoms with van der Waals surface area (Å²) in [5.41, 5.74) is 6.87. The number of benzene rings is 4. The summed E-state index contributed by atoms with van der Waals surface area (Å²) in [5.74, 6) is 0.394. The zero-order valence-corrected chi connectivity index (χ0v) is 26.0. The number of rotatable bonds is 9. The molecular weight excluding hydrogens is 582 g/mol. The van der Waals surface area contributed by atoms with Gasteiger partial charge in [0.05, 0.1) is 28.4 Å². The summed E-state index contributed by atoms with van der Waals surface area (Å²) in [4.78, 5) is 17.4. The molecule has 1 N–H and O–H groups in total. The highest BCUT2D eigenvalue weighted by molar-refractivity contribution is 6.32. The van der Waals surface area contributed by atoms with Crippen LogP contribution in [0.4, 0.5) is 0 Å². The Bertz CT molecular complexity index is 1990.